The molecule has 0 spiro atoms. The van der Waals surface area contributed by atoms with E-state index in [4.69, 9.17) is 21.1 Å². The summed E-state index contributed by atoms with van der Waals surface area (Å²) in [5, 5.41) is 47.5. The smallest absolute Gasteiger partial charge is 0.298 e. The number of methoxy groups -OCH3 is 1. The Morgan fingerprint density at radius 2 is 1.38 bits per heavy atom. The van der Waals surface area contributed by atoms with Crippen LogP contribution in [0.25, 0.3) is 37.7 Å². The maximum atomic E-state index is 12.5. The normalized spacial score (nSPS) is 13.1. The number of pyridine rings is 1. The summed E-state index contributed by atoms with van der Waals surface area (Å²) < 4.78 is 181. The fraction of sp³-hybridized carbons (Fsp3) is 0.205. The molecule has 6 N–H and O–H groups in total. The van der Waals surface area contributed by atoms with Crippen molar-refractivity contribution in [1.29, 1.82) is 5.26 Å². The maximum Gasteiger partial charge on any atom is 0.298 e. The summed E-state index contributed by atoms with van der Waals surface area (Å²) in [6.07, 6.45) is -0.251. The lowest BCUT2D eigenvalue weighted by atomic mass is 10.1. The number of aromatic hydroxyl groups is 1. The lowest BCUT2D eigenvalue weighted by molar-refractivity contribution is 0.317. The number of halogens is 1. The van der Waals surface area contributed by atoms with E-state index in [0.29, 0.717) is 10.5 Å². The van der Waals surface area contributed by atoms with Crippen molar-refractivity contribution in [1.82, 2.24) is 14.4 Å². The fourth-order valence-corrected chi connectivity index (χ4v) is 13.2. The molecule has 8 aromatic rings. The third-order valence-corrected chi connectivity index (χ3v) is 18.2. The molecule has 0 aliphatic heterocycles. The molecule has 36 heteroatoms. The SMILES string of the molecule is COc1cc(N=Nc2cc(OCCCS(=O)(=O)O)c(N=Nc3c(C)c(C#N)c4nc5c(S(=O)(=O)O)c(Cl)ccc5n4c3O)cc2C)c(SCCCS(=O)(=O)O)cc1N=Nc1nc2c(S(=O)(=O)O)cc3cc(S(=O)(=O)O)ccc3c2s1. The number of hydrogen-bond acceptors (Lipinski definition) is 24. The molecule has 420 valence electrons. The second kappa shape index (κ2) is 22.6. The summed E-state index contributed by atoms with van der Waals surface area (Å²) in [4.78, 5) is 6.77. The maximum absolute atomic E-state index is 12.5. The van der Waals surface area contributed by atoms with Gasteiger partial charge in [0.05, 0.1) is 51.0 Å². The van der Waals surface area contributed by atoms with Crippen LogP contribution in [0, 0.1) is 25.2 Å². The summed E-state index contributed by atoms with van der Waals surface area (Å²) in [6.45, 7) is 2.67. The summed E-state index contributed by atoms with van der Waals surface area (Å²) in [7, 11) is -22.1. The third-order valence-electron chi connectivity index (χ3n) is 11.4. The van der Waals surface area contributed by atoms with Crippen molar-refractivity contribution in [3.63, 3.8) is 0 Å². The highest BCUT2D eigenvalue weighted by Gasteiger charge is 2.28. The minimum Gasteiger partial charge on any atom is -0.494 e. The van der Waals surface area contributed by atoms with Gasteiger partial charge in [-0.2, -0.15) is 52.5 Å². The molecule has 0 amide bonds. The molecule has 8 rings (SSSR count). The Labute approximate surface area is 466 Å². The zero-order valence-corrected chi connectivity index (χ0v) is 47.3. The predicted molar refractivity (Wildman–Crippen MR) is 290 cm³/mol. The molecular weight excluding hydrogens is 1220 g/mol. The van der Waals surface area contributed by atoms with E-state index in [1.54, 1.807) is 6.92 Å². The number of azo groups is 3. The van der Waals surface area contributed by atoms with Gasteiger partial charge in [0.2, 0.25) is 11.0 Å². The Balaban J connectivity index is 1.19. The number of nitrogens with zero attached hydrogens (tertiary/aromatic N) is 10. The number of ether oxygens (including phenoxy) is 2. The highest BCUT2D eigenvalue weighted by Crippen LogP contribution is 2.46. The van der Waals surface area contributed by atoms with Crippen molar-refractivity contribution in [2.75, 3.05) is 31.0 Å². The number of aryl methyl sites for hydroxylation is 1. The zero-order chi connectivity index (χ0) is 58.4. The quantitative estimate of drug-likeness (QED) is 0.0179. The number of benzene rings is 5. The van der Waals surface area contributed by atoms with Gasteiger partial charge in [-0.1, -0.05) is 29.0 Å². The summed E-state index contributed by atoms with van der Waals surface area (Å²) >= 11 is 8.00. The molecule has 0 bridgehead atoms. The molecule has 0 radical (unpaired) electrons. The number of thioether (sulfide) groups is 1. The van der Waals surface area contributed by atoms with Crippen molar-refractivity contribution < 1.29 is 79.4 Å². The summed E-state index contributed by atoms with van der Waals surface area (Å²) in [5.41, 5.74) is -0.776. The Kier molecular flexibility index (Phi) is 16.7. The van der Waals surface area contributed by atoms with E-state index in [0.717, 1.165) is 51.8 Å². The van der Waals surface area contributed by atoms with Crippen LogP contribution in [0.3, 0.4) is 0 Å². The topological polar surface area (TPSA) is 439 Å². The first-order valence-corrected chi connectivity index (χ1v) is 31.9. The first-order valence-electron chi connectivity index (χ1n) is 22.2. The predicted octanol–water partition coefficient (Wildman–Crippen LogP) is 10.1. The third kappa shape index (κ3) is 13.0. The van der Waals surface area contributed by atoms with Gasteiger partial charge in [-0.3, -0.25) is 27.2 Å². The Bertz CT molecular complexity index is 4640. The number of rotatable bonds is 20. The fourth-order valence-electron chi connectivity index (χ4n) is 7.76. The van der Waals surface area contributed by atoms with Crippen LogP contribution in [0.4, 0.5) is 33.6 Å². The first-order chi connectivity index (χ1) is 37.4. The number of thiazole rings is 1. The number of imidazole rings is 1. The standard InChI is InChI=1S/C44H37ClN10O18S7/c1-21-14-29(50-53-37-22(2)26(20-46)42-47-38-32(55(42)43(37)56)9-8-27(45)41(38)80(69,70)71)34(73-10-4-12-76(57,58)59)17-28(21)49-52-31-18-33(72-3)30(19-35(31)74-11-5-13-77(60,61)62)51-54-44-48-39-36(79(66,67)68)16-23-15-24(78(63,64)65)6-7-25(23)40(39)75-44/h6-9,14-19,56H,4-5,10-13H2,1-3H3,(H,57,58,59)(H,60,61,62)(H,63,64,65)(H,66,67,68)(H,69,70,71). The average molecular weight is 1250 g/mol. The Morgan fingerprint density at radius 3 is 2.02 bits per heavy atom. The van der Waals surface area contributed by atoms with Crippen molar-refractivity contribution >= 4 is 157 Å². The minimum absolute atomic E-state index is 0.0167. The van der Waals surface area contributed by atoms with Crippen LogP contribution in [0.15, 0.2) is 111 Å². The van der Waals surface area contributed by atoms with Gasteiger partial charge < -0.3 is 14.6 Å². The van der Waals surface area contributed by atoms with Gasteiger partial charge in [-0.15, -0.1) is 37.3 Å². The van der Waals surface area contributed by atoms with Gasteiger partial charge in [0.15, 0.2) is 11.3 Å². The Hall–Kier alpha value is -6.92. The van der Waals surface area contributed by atoms with E-state index in [9.17, 15) is 75.2 Å². The van der Waals surface area contributed by atoms with Crippen LogP contribution in [-0.4, -0.2) is 115 Å². The van der Waals surface area contributed by atoms with Crippen LogP contribution >= 0.6 is 34.7 Å². The van der Waals surface area contributed by atoms with Crippen LogP contribution in [-0.2, 0) is 50.6 Å². The molecular formula is C44H37ClN10O18S7. The molecule has 0 fully saturated rings. The number of hydrogen-bond donors (Lipinski definition) is 6. The Morgan fingerprint density at radius 1 is 0.725 bits per heavy atom. The molecule has 0 aliphatic carbocycles. The molecule has 0 aliphatic rings. The highest BCUT2D eigenvalue weighted by molar-refractivity contribution is 7.99. The van der Waals surface area contributed by atoms with Gasteiger partial charge in [-0.25, -0.2) is 9.97 Å². The summed E-state index contributed by atoms with van der Waals surface area (Å²) in [6, 6.07) is 14.4. The second-order valence-corrected chi connectivity index (χ2v) is 26.7. The largest absolute Gasteiger partial charge is 0.494 e. The molecule has 3 aromatic heterocycles. The number of aromatic nitrogens is 3. The number of fused-ring (bicyclic) bond motifs is 6. The summed E-state index contributed by atoms with van der Waals surface area (Å²) in [5.74, 6) is -1.92. The molecule has 0 atom stereocenters. The lowest BCUT2D eigenvalue weighted by Gasteiger charge is -2.12. The highest BCUT2D eigenvalue weighted by atomic mass is 35.5. The monoisotopic (exact) mass is 1250 g/mol. The molecule has 80 heavy (non-hydrogen) atoms. The molecule has 0 unspecified atom stereocenters. The van der Waals surface area contributed by atoms with E-state index in [1.165, 1.54) is 50.4 Å². The molecule has 5 aromatic carbocycles. The first kappa shape index (κ1) is 59.2. The lowest BCUT2D eigenvalue weighted by Crippen LogP contribution is -2.08. The second-order valence-electron chi connectivity index (χ2n) is 16.8. The van der Waals surface area contributed by atoms with E-state index in [2.05, 4.69) is 40.7 Å². The van der Waals surface area contributed by atoms with Crippen molar-refractivity contribution in [3.05, 3.63) is 82.4 Å². The zero-order valence-electron chi connectivity index (χ0n) is 40.8. The van der Waals surface area contributed by atoms with Crippen LogP contribution in [0.1, 0.15) is 29.5 Å². The van der Waals surface area contributed by atoms with Crippen molar-refractivity contribution in [3.8, 4) is 23.4 Å². The van der Waals surface area contributed by atoms with E-state index < -0.39 is 87.7 Å². The van der Waals surface area contributed by atoms with Gasteiger partial charge in [0.1, 0.15) is 61.0 Å². The molecule has 0 saturated carbocycles. The molecule has 28 nitrogen and oxygen atoms in total. The number of nitriles is 1. The van der Waals surface area contributed by atoms with Gasteiger partial charge in [0, 0.05) is 28.0 Å². The molecule has 0 saturated heterocycles. The molecule has 3 heterocycles. The van der Waals surface area contributed by atoms with Crippen molar-refractivity contribution in [2.45, 2.75) is 46.3 Å². The van der Waals surface area contributed by atoms with Gasteiger partial charge in [-0.05, 0) is 85.9 Å². The van der Waals surface area contributed by atoms with Gasteiger partial charge in [0.25, 0.3) is 50.6 Å². The van der Waals surface area contributed by atoms with Crippen LogP contribution < -0.4 is 9.47 Å². The average Bonchev–Trinajstić information content (AvgIpc) is 4.20. The van der Waals surface area contributed by atoms with Gasteiger partial charge >= 0.3 is 0 Å². The van der Waals surface area contributed by atoms with Crippen molar-refractivity contribution in [2.24, 2.45) is 30.7 Å². The van der Waals surface area contributed by atoms with Crippen LogP contribution in [0.5, 0.6) is 17.4 Å². The van der Waals surface area contributed by atoms with E-state index in [1.807, 2.05) is 6.07 Å². The minimum atomic E-state index is -4.97. The van der Waals surface area contributed by atoms with Crippen LogP contribution in [0.2, 0.25) is 5.02 Å². The van der Waals surface area contributed by atoms with E-state index in [-0.39, 0.29) is 119 Å². The van der Waals surface area contributed by atoms with E-state index >= 15 is 0 Å².